The van der Waals surface area contributed by atoms with E-state index in [9.17, 15) is 5.11 Å². The van der Waals surface area contributed by atoms with Gasteiger partial charge in [-0.3, -0.25) is 4.90 Å². The van der Waals surface area contributed by atoms with Crippen LogP contribution in [0, 0.1) is 0 Å². The van der Waals surface area contributed by atoms with Crippen LogP contribution in [0.3, 0.4) is 0 Å². The van der Waals surface area contributed by atoms with E-state index in [2.05, 4.69) is 53.4 Å². The van der Waals surface area contributed by atoms with Crippen molar-refractivity contribution in [3.63, 3.8) is 0 Å². The number of benzene rings is 3. The fraction of sp³-hybridized carbons (Fsp3) is 0.238. The number of aliphatic hydroxyl groups excluding tert-OH is 1. The zero-order valence-corrected chi connectivity index (χ0v) is 14.0. The van der Waals surface area contributed by atoms with Gasteiger partial charge in [-0.2, -0.15) is 0 Å². The topological polar surface area (TPSA) is 32.7 Å². The second kappa shape index (κ2) is 7.95. The largest absolute Gasteiger partial charge is 0.496 e. The summed E-state index contributed by atoms with van der Waals surface area (Å²) in [6, 6.07) is 22.9. The lowest BCUT2D eigenvalue weighted by molar-refractivity contribution is 0.183. The van der Waals surface area contributed by atoms with Crippen LogP contribution in [0.25, 0.3) is 10.8 Å². The normalized spacial score (nSPS) is 11.1. The fourth-order valence-electron chi connectivity index (χ4n) is 3.10. The van der Waals surface area contributed by atoms with Gasteiger partial charge in [-0.05, 0) is 22.4 Å². The van der Waals surface area contributed by atoms with Gasteiger partial charge in [0.1, 0.15) is 5.75 Å². The molecule has 24 heavy (non-hydrogen) atoms. The minimum absolute atomic E-state index is 0.139. The molecule has 0 aliphatic carbocycles. The predicted molar refractivity (Wildman–Crippen MR) is 98.1 cm³/mol. The molecule has 0 amide bonds. The molecule has 0 radical (unpaired) electrons. The highest BCUT2D eigenvalue weighted by Gasteiger charge is 2.11. The third kappa shape index (κ3) is 3.75. The highest BCUT2D eigenvalue weighted by Crippen LogP contribution is 2.23. The summed E-state index contributed by atoms with van der Waals surface area (Å²) in [5.74, 6) is 0.887. The molecule has 3 heteroatoms. The third-order valence-corrected chi connectivity index (χ3v) is 4.28. The maximum atomic E-state index is 9.46. The summed E-state index contributed by atoms with van der Waals surface area (Å²) in [5, 5.41) is 12.0. The Balaban J connectivity index is 1.86. The molecule has 3 aromatic carbocycles. The Morgan fingerprint density at radius 3 is 2.33 bits per heavy atom. The first-order valence-electron chi connectivity index (χ1n) is 8.23. The van der Waals surface area contributed by atoms with E-state index in [0.717, 1.165) is 24.4 Å². The number of nitrogens with zero attached hydrogens (tertiary/aromatic N) is 1. The first kappa shape index (κ1) is 16.5. The quantitative estimate of drug-likeness (QED) is 0.717. The van der Waals surface area contributed by atoms with Crippen molar-refractivity contribution >= 4 is 10.8 Å². The Morgan fingerprint density at radius 2 is 1.50 bits per heavy atom. The van der Waals surface area contributed by atoms with Crippen molar-refractivity contribution in [3.8, 4) is 5.75 Å². The predicted octanol–water partition coefficient (Wildman–Crippen LogP) is 3.84. The van der Waals surface area contributed by atoms with E-state index in [1.54, 1.807) is 7.11 Å². The molecule has 3 nitrogen and oxygen atoms in total. The number of hydrogen-bond acceptors (Lipinski definition) is 3. The molecule has 3 aromatic rings. The Kier molecular flexibility index (Phi) is 5.47. The molecule has 1 N–H and O–H groups in total. The van der Waals surface area contributed by atoms with E-state index < -0.39 is 0 Å². The molecule has 0 aromatic heterocycles. The average molecular weight is 321 g/mol. The Hall–Kier alpha value is -2.36. The van der Waals surface area contributed by atoms with Crippen molar-refractivity contribution < 1.29 is 9.84 Å². The van der Waals surface area contributed by atoms with Gasteiger partial charge in [0, 0.05) is 25.2 Å². The van der Waals surface area contributed by atoms with E-state index >= 15 is 0 Å². The van der Waals surface area contributed by atoms with Crippen LogP contribution in [0.5, 0.6) is 5.75 Å². The molecular formula is C21H23NO2. The zero-order chi connectivity index (χ0) is 16.8. The zero-order valence-electron chi connectivity index (χ0n) is 14.0. The van der Waals surface area contributed by atoms with E-state index in [-0.39, 0.29) is 6.61 Å². The smallest absolute Gasteiger partial charge is 0.123 e. The van der Waals surface area contributed by atoms with Gasteiger partial charge in [-0.15, -0.1) is 0 Å². The average Bonchev–Trinajstić information content (AvgIpc) is 2.63. The van der Waals surface area contributed by atoms with Crippen LogP contribution < -0.4 is 4.74 Å². The molecule has 0 saturated carbocycles. The maximum Gasteiger partial charge on any atom is 0.123 e. The molecule has 0 fully saturated rings. The lowest BCUT2D eigenvalue weighted by atomic mass is 10.0. The van der Waals surface area contributed by atoms with Gasteiger partial charge < -0.3 is 9.84 Å². The second-order valence-corrected chi connectivity index (χ2v) is 5.88. The molecule has 0 bridgehead atoms. The molecule has 0 heterocycles. The Labute approximate surface area is 143 Å². The molecule has 0 atom stereocenters. The molecule has 0 spiro atoms. The third-order valence-electron chi connectivity index (χ3n) is 4.28. The van der Waals surface area contributed by atoms with Crippen LogP contribution in [0.15, 0.2) is 66.7 Å². The Morgan fingerprint density at radius 1 is 0.833 bits per heavy atom. The minimum Gasteiger partial charge on any atom is -0.496 e. The fourth-order valence-corrected chi connectivity index (χ4v) is 3.10. The number of aliphatic hydroxyl groups is 1. The summed E-state index contributed by atoms with van der Waals surface area (Å²) in [7, 11) is 1.69. The first-order chi connectivity index (χ1) is 11.8. The summed E-state index contributed by atoms with van der Waals surface area (Å²) in [6.45, 7) is 2.30. The van der Waals surface area contributed by atoms with Gasteiger partial charge >= 0.3 is 0 Å². The second-order valence-electron chi connectivity index (χ2n) is 5.88. The van der Waals surface area contributed by atoms with E-state index in [4.69, 9.17) is 4.74 Å². The molecule has 0 aliphatic heterocycles. The minimum atomic E-state index is 0.139. The van der Waals surface area contributed by atoms with Gasteiger partial charge in [0.15, 0.2) is 0 Å². The lowest BCUT2D eigenvalue weighted by Gasteiger charge is -2.23. The molecular weight excluding hydrogens is 298 g/mol. The summed E-state index contributed by atoms with van der Waals surface area (Å²) in [5.41, 5.74) is 2.41. The first-order valence-corrected chi connectivity index (χ1v) is 8.23. The maximum absolute atomic E-state index is 9.46. The number of para-hydroxylation sites is 1. The number of hydrogen-bond donors (Lipinski definition) is 1. The van der Waals surface area contributed by atoms with Gasteiger partial charge in [0.25, 0.3) is 0 Å². The SMILES string of the molecule is COc1ccccc1CN(CCO)Cc1cccc2ccccc12. The van der Waals surface area contributed by atoms with Crippen LogP contribution in [-0.4, -0.2) is 30.3 Å². The molecule has 0 aliphatic rings. The van der Waals surface area contributed by atoms with Crippen molar-refractivity contribution in [2.45, 2.75) is 13.1 Å². The summed E-state index contributed by atoms with van der Waals surface area (Å²) < 4.78 is 5.46. The van der Waals surface area contributed by atoms with Crippen molar-refractivity contribution in [1.29, 1.82) is 0 Å². The highest BCUT2D eigenvalue weighted by atomic mass is 16.5. The van der Waals surface area contributed by atoms with Crippen LogP contribution in [0.4, 0.5) is 0 Å². The molecule has 124 valence electrons. The van der Waals surface area contributed by atoms with E-state index in [1.165, 1.54) is 16.3 Å². The van der Waals surface area contributed by atoms with E-state index in [1.807, 2.05) is 18.2 Å². The Bertz CT molecular complexity index is 795. The monoisotopic (exact) mass is 321 g/mol. The molecule has 0 unspecified atom stereocenters. The van der Waals surface area contributed by atoms with Crippen molar-refractivity contribution in [2.75, 3.05) is 20.3 Å². The van der Waals surface area contributed by atoms with Crippen LogP contribution in [-0.2, 0) is 13.1 Å². The van der Waals surface area contributed by atoms with Crippen LogP contribution >= 0.6 is 0 Å². The lowest BCUT2D eigenvalue weighted by Crippen LogP contribution is -2.26. The summed E-state index contributed by atoms with van der Waals surface area (Å²) in [4.78, 5) is 2.25. The van der Waals surface area contributed by atoms with Crippen molar-refractivity contribution in [2.24, 2.45) is 0 Å². The standard InChI is InChI=1S/C21H23NO2/c1-24-21-12-5-3-8-19(21)16-22(13-14-23)15-18-10-6-9-17-7-2-4-11-20(17)18/h2-12,23H,13-16H2,1H3. The number of ether oxygens (including phenoxy) is 1. The van der Waals surface area contributed by atoms with Crippen molar-refractivity contribution in [1.82, 2.24) is 4.90 Å². The number of fused-ring (bicyclic) bond motifs is 1. The van der Waals surface area contributed by atoms with E-state index in [0.29, 0.717) is 6.54 Å². The number of methoxy groups -OCH3 is 1. The van der Waals surface area contributed by atoms with Crippen LogP contribution in [0.1, 0.15) is 11.1 Å². The van der Waals surface area contributed by atoms with Gasteiger partial charge in [0.2, 0.25) is 0 Å². The van der Waals surface area contributed by atoms with Crippen LogP contribution in [0.2, 0.25) is 0 Å². The molecule has 0 saturated heterocycles. The van der Waals surface area contributed by atoms with Crippen molar-refractivity contribution in [3.05, 3.63) is 77.9 Å². The summed E-state index contributed by atoms with van der Waals surface area (Å²) in [6.07, 6.45) is 0. The van der Waals surface area contributed by atoms with Gasteiger partial charge in [-0.25, -0.2) is 0 Å². The van der Waals surface area contributed by atoms with Gasteiger partial charge in [-0.1, -0.05) is 60.7 Å². The highest BCUT2D eigenvalue weighted by molar-refractivity contribution is 5.85. The molecule has 3 rings (SSSR count). The number of rotatable bonds is 7. The van der Waals surface area contributed by atoms with Gasteiger partial charge in [0.05, 0.1) is 13.7 Å². The summed E-state index contributed by atoms with van der Waals surface area (Å²) >= 11 is 0.